The van der Waals surface area contributed by atoms with Crippen molar-refractivity contribution in [1.82, 2.24) is 5.43 Å². The van der Waals surface area contributed by atoms with Crippen LogP contribution in [0.5, 0.6) is 0 Å². The molecule has 0 amide bonds. The Kier molecular flexibility index (Phi) is 7.41. The molecule has 0 aromatic rings. The van der Waals surface area contributed by atoms with E-state index in [2.05, 4.69) is 12.3 Å². The van der Waals surface area contributed by atoms with Crippen molar-refractivity contribution >= 4 is 11.6 Å². The second-order valence-electron chi connectivity index (χ2n) is 3.46. The second kappa shape index (κ2) is 7.37. The maximum Gasteiger partial charge on any atom is 0.338 e. The van der Waals surface area contributed by atoms with Crippen molar-refractivity contribution < 1.29 is 8.78 Å². The van der Waals surface area contributed by atoms with Crippen LogP contribution in [0.2, 0.25) is 0 Å². The SMILES string of the molecule is CCCCCCCC(NN)C(F)(F)Cl. The first-order valence-corrected chi connectivity index (χ1v) is 5.43. The molecule has 5 heteroatoms. The number of nitrogens with one attached hydrogen (secondary N) is 1. The highest BCUT2D eigenvalue weighted by Gasteiger charge is 2.35. The van der Waals surface area contributed by atoms with E-state index in [1.165, 1.54) is 0 Å². The van der Waals surface area contributed by atoms with E-state index >= 15 is 0 Å². The maximum atomic E-state index is 12.6. The van der Waals surface area contributed by atoms with Gasteiger partial charge in [-0.15, -0.1) is 0 Å². The molecule has 1 unspecified atom stereocenters. The first kappa shape index (κ1) is 14.1. The van der Waals surface area contributed by atoms with Crippen molar-refractivity contribution in [2.45, 2.75) is 56.9 Å². The number of hydrogen-bond donors (Lipinski definition) is 2. The third-order valence-electron chi connectivity index (χ3n) is 2.19. The number of hydrazine groups is 1. The molecule has 0 aromatic heterocycles. The van der Waals surface area contributed by atoms with Gasteiger partial charge in [0.2, 0.25) is 0 Å². The molecule has 0 saturated carbocycles. The van der Waals surface area contributed by atoms with E-state index in [1.54, 1.807) is 0 Å². The largest absolute Gasteiger partial charge is 0.338 e. The van der Waals surface area contributed by atoms with Crippen LogP contribution in [0.4, 0.5) is 8.78 Å². The summed E-state index contributed by atoms with van der Waals surface area (Å²) in [6.45, 7) is 2.11. The van der Waals surface area contributed by atoms with Gasteiger partial charge in [0.15, 0.2) is 0 Å². The van der Waals surface area contributed by atoms with Gasteiger partial charge >= 0.3 is 5.38 Å². The molecular formula is C9H19ClF2N2. The van der Waals surface area contributed by atoms with Gasteiger partial charge in [0, 0.05) is 0 Å². The Morgan fingerprint density at radius 1 is 1.29 bits per heavy atom. The molecule has 86 valence electrons. The summed E-state index contributed by atoms with van der Waals surface area (Å²) in [5.41, 5.74) is 2.05. The van der Waals surface area contributed by atoms with E-state index in [9.17, 15) is 8.78 Å². The molecule has 2 nitrogen and oxygen atoms in total. The van der Waals surface area contributed by atoms with Gasteiger partial charge in [-0.05, 0) is 18.0 Å². The molecule has 0 saturated heterocycles. The van der Waals surface area contributed by atoms with Gasteiger partial charge in [0.05, 0.1) is 6.04 Å². The predicted octanol–water partition coefficient (Wildman–Crippen LogP) is 3.01. The zero-order valence-corrected chi connectivity index (χ0v) is 9.29. The topological polar surface area (TPSA) is 38.0 Å². The summed E-state index contributed by atoms with van der Waals surface area (Å²) in [6, 6.07) is -1.12. The number of nitrogens with two attached hydrogens (primary N) is 1. The fourth-order valence-corrected chi connectivity index (χ4v) is 1.47. The summed E-state index contributed by atoms with van der Waals surface area (Å²) in [7, 11) is 0. The number of alkyl halides is 3. The highest BCUT2D eigenvalue weighted by molar-refractivity contribution is 6.22. The number of halogens is 3. The van der Waals surface area contributed by atoms with Crippen LogP contribution in [-0.4, -0.2) is 11.4 Å². The predicted molar refractivity (Wildman–Crippen MR) is 55.3 cm³/mol. The summed E-state index contributed by atoms with van der Waals surface area (Å²) in [5.74, 6) is 4.99. The lowest BCUT2D eigenvalue weighted by Crippen LogP contribution is -2.45. The molecule has 3 N–H and O–H groups in total. The molecule has 0 aliphatic heterocycles. The van der Waals surface area contributed by atoms with Crippen LogP contribution < -0.4 is 11.3 Å². The normalized spacial score (nSPS) is 14.4. The van der Waals surface area contributed by atoms with Gasteiger partial charge in [-0.25, -0.2) is 5.43 Å². The van der Waals surface area contributed by atoms with Crippen molar-refractivity contribution in [2.75, 3.05) is 0 Å². The summed E-state index contributed by atoms with van der Waals surface area (Å²) in [6.07, 6.45) is 5.39. The first-order valence-electron chi connectivity index (χ1n) is 5.05. The van der Waals surface area contributed by atoms with Gasteiger partial charge in [-0.3, -0.25) is 5.84 Å². The average Bonchev–Trinajstić information content (AvgIpc) is 2.09. The number of unbranched alkanes of at least 4 members (excludes halogenated alkanes) is 4. The molecule has 0 spiro atoms. The van der Waals surface area contributed by atoms with Gasteiger partial charge in [-0.1, -0.05) is 39.0 Å². The van der Waals surface area contributed by atoms with Gasteiger partial charge < -0.3 is 0 Å². The fourth-order valence-electron chi connectivity index (χ4n) is 1.29. The minimum Gasteiger partial charge on any atom is -0.271 e. The minimum atomic E-state index is -3.25. The molecule has 0 aromatic carbocycles. The molecule has 0 rings (SSSR count). The summed E-state index contributed by atoms with van der Waals surface area (Å²) in [4.78, 5) is 0. The Hall–Kier alpha value is 0.0700. The lowest BCUT2D eigenvalue weighted by molar-refractivity contribution is 0.0456. The summed E-state index contributed by atoms with van der Waals surface area (Å²) >= 11 is 4.86. The van der Waals surface area contributed by atoms with Crippen molar-refractivity contribution in [3.05, 3.63) is 0 Å². The average molecular weight is 229 g/mol. The van der Waals surface area contributed by atoms with E-state index in [0.717, 1.165) is 32.1 Å². The van der Waals surface area contributed by atoms with Crippen LogP contribution in [0.1, 0.15) is 45.4 Å². The first-order chi connectivity index (χ1) is 6.52. The molecule has 0 aliphatic rings. The van der Waals surface area contributed by atoms with Crippen LogP contribution in [0.25, 0.3) is 0 Å². The zero-order valence-electron chi connectivity index (χ0n) is 8.53. The van der Waals surface area contributed by atoms with Gasteiger partial charge in [0.25, 0.3) is 0 Å². The molecule has 0 aliphatic carbocycles. The second-order valence-corrected chi connectivity index (χ2v) is 3.97. The van der Waals surface area contributed by atoms with Crippen molar-refractivity contribution in [3.63, 3.8) is 0 Å². The zero-order chi connectivity index (χ0) is 11.0. The van der Waals surface area contributed by atoms with E-state index in [4.69, 9.17) is 17.4 Å². The van der Waals surface area contributed by atoms with Crippen LogP contribution in [0, 0.1) is 0 Å². The number of hydrogen-bond acceptors (Lipinski definition) is 2. The standard InChI is InChI=1S/C9H19ClF2N2/c1-2-3-4-5-6-7-8(14-13)9(10,11)12/h8,14H,2-7,13H2,1H3. The summed E-state index contributed by atoms with van der Waals surface area (Å²) in [5, 5.41) is -3.25. The lowest BCUT2D eigenvalue weighted by atomic mass is 10.1. The van der Waals surface area contributed by atoms with E-state index in [0.29, 0.717) is 6.42 Å². The van der Waals surface area contributed by atoms with Crippen LogP contribution in [0.15, 0.2) is 0 Å². The molecule has 0 bridgehead atoms. The van der Waals surface area contributed by atoms with Crippen molar-refractivity contribution in [2.24, 2.45) is 5.84 Å². The Balaban J connectivity index is 3.54. The highest BCUT2D eigenvalue weighted by atomic mass is 35.5. The highest BCUT2D eigenvalue weighted by Crippen LogP contribution is 2.26. The molecular weight excluding hydrogens is 210 g/mol. The van der Waals surface area contributed by atoms with Crippen LogP contribution in [-0.2, 0) is 0 Å². The lowest BCUT2D eigenvalue weighted by Gasteiger charge is -2.20. The van der Waals surface area contributed by atoms with E-state index < -0.39 is 11.4 Å². The Labute approximate surface area is 89.2 Å². The van der Waals surface area contributed by atoms with E-state index in [1.807, 2.05) is 0 Å². The van der Waals surface area contributed by atoms with Crippen LogP contribution in [0.3, 0.4) is 0 Å². The van der Waals surface area contributed by atoms with E-state index in [-0.39, 0.29) is 0 Å². The molecule has 0 fully saturated rings. The van der Waals surface area contributed by atoms with Gasteiger partial charge in [-0.2, -0.15) is 8.78 Å². The Bertz CT molecular complexity index is 139. The molecule has 14 heavy (non-hydrogen) atoms. The van der Waals surface area contributed by atoms with Crippen molar-refractivity contribution in [1.29, 1.82) is 0 Å². The Morgan fingerprint density at radius 3 is 2.29 bits per heavy atom. The van der Waals surface area contributed by atoms with Gasteiger partial charge in [0.1, 0.15) is 0 Å². The number of rotatable bonds is 8. The molecule has 1 atom stereocenters. The minimum absolute atomic E-state index is 0.316. The smallest absolute Gasteiger partial charge is 0.271 e. The maximum absolute atomic E-state index is 12.6. The molecule has 0 heterocycles. The monoisotopic (exact) mass is 228 g/mol. The third-order valence-corrected chi connectivity index (χ3v) is 2.46. The van der Waals surface area contributed by atoms with Crippen LogP contribution >= 0.6 is 11.6 Å². The molecule has 0 radical (unpaired) electrons. The Morgan fingerprint density at radius 2 is 1.86 bits per heavy atom. The quantitative estimate of drug-likeness (QED) is 0.290. The third kappa shape index (κ3) is 6.51. The summed E-state index contributed by atoms with van der Waals surface area (Å²) < 4.78 is 25.2. The fraction of sp³-hybridized carbons (Fsp3) is 1.00. The van der Waals surface area contributed by atoms with Crippen molar-refractivity contribution in [3.8, 4) is 0 Å².